The number of halogens is 1. The molecule has 5 nitrogen and oxygen atoms in total. The van der Waals surface area contributed by atoms with Crippen LogP contribution in [0, 0.1) is 5.82 Å². The molecule has 1 aliphatic carbocycles. The molecule has 2 aromatic heterocycles. The standard InChI is InChI=1S/C26H25FN2O3/c1-2-16-10-12-17(13-11-16)22-23-25(31-19-7-5-6-18(30)14-19)28-15-29-26(23)32-24(22)20-8-3-4-9-21(20)27/h3-4,8-13,15,18-19,30H,2,5-7,14H2,1H3/t18?,19-/m0/s1. The molecule has 0 amide bonds. The minimum atomic E-state index is -0.371. The summed E-state index contributed by atoms with van der Waals surface area (Å²) in [5, 5.41) is 10.7. The molecular formula is C26H25FN2O3. The number of aryl methyl sites for hydroxylation is 1. The second-order valence-corrected chi connectivity index (χ2v) is 8.26. The highest BCUT2D eigenvalue weighted by Gasteiger charge is 2.27. The van der Waals surface area contributed by atoms with Gasteiger partial charge in [-0.2, -0.15) is 0 Å². The highest BCUT2D eigenvalue weighted by molar-refractivity contribution is 6.03. The van der Waals surface area contributed by atoms with Gasteiger partial charge in [0.2, 0.25) is 11.6 Å². The molecule has 0 bridgehead atoms. The van der Waals surface area contributed by atoms with Gasteiger partial charge in [0.05, 0.1) is 11.7 Å². The molecule has 6 heteroatoms. The number of aromatic nitrogens is 2. The Balaban J connectivity index is 1.70. The van der Waals surface area contributed by atoms with Crippen LogP contribution in [-0.4, -0.2) is 27.3 Å². The molecule has 0 radical (unpaired) electrons. The number of benzene rings is 2. The maximum atomic E-state index is 14.8. The van der Waals surface area contributed by atoms with Gasteiger partial charge in [0.1, 0.15) is 29.4 Å². The van der Waals surface area contributed by atoms with Gasteiger partial charge < -0.3 is 14.3 Å². The molecule has 0 saturated heterocycles. The average Bonchev–Trinajstić information content (AvgIpc) is 3.20. The zero-order valence-corrected chi connectivity index (χ0v) is 17.9. The summed E-state index contributed by atoms with van der Waals surface area (Å²) < 4.78 is 27.1. The Morgan fingerprint density at radius 3 is 2.66 bits per heavy atom. The second kappa shape index (κ2) is 8.71. The number of hydrogen-bond donors (Lipinski definition) is 1. The van der Waals surface area contributed by atoms with Crippen molar-refractivity contribution in [2.75, 3.05) is 0 Å². The van der Waals surface area contributed by atoms with E-state index in [1.165, 1.54) is 18.0 Å². The van der Waals surface area contributed by atoms with E-state index in [0.29, 0.717) is 40.3 Å². The molecule has 0 spiro atoms. The second-order valence-electron chi connectivity index (χ2n) is 8.26. The maximum Gasteiger partial charge on any atom is 0.234 e. The molecule has 32 heavy (non-hydrogen) atoms. The quantitative estimate of drug-likeness (QED) is 0.423. The Morgan fingerprint density at radius 1 is 1.09 bits per heavy atom. The van der Waals surface area contributed by atoms with Crippen LogP contribution in [-0.2, 0) is 6.42 Å². The molecule has 1 N–H and O–H groups in total. The normalized spacial score (nSPS) is 18.7. The fourth-order valence-corrected chi connectivity index (χ4v) is 4.40. The first-order chi connectivity index (χ1) is 15.6. The lowest BCUT2D eigenvalue weighted by Gasteiger charge is -2.26. The summed E-state index contributed by atoms with van der Waals surface area (Å²) in [6.07, 6.45) is 4.91. The Kier molecular flexibility index (Phi) is 5.62. The van der Waals surface area contributed by atoms with Crippen LogP contribution in [0.15, 0.2) is 59.3 Å². The fraction of sp³-hybridized carbons (Fsp3) is 0.308. The third-order valence-electron chi connectivity index (χ3n) is 6.10. The lowest BCUT2D eigenvalue weighted by molar-refractivity contribution is 0.0522. The van der Waals surface area contributed by atoms with Gasteiger partial charge >= 0.3 is 0 Å². The van der Waals surface area contributed by atoms with Crippen molar-refractivity contribution in [3.05, 3.63) is 66.2 Å². The predicted octanol–water partition coefficient (Wildman–Crippen LogP) is 5.94. The van der Waals surface area contributed by atoms with Gasteiger partial charge in [-0.1, -0.05) is 43.3 Å². The first-order valence-electron chi connectivity index (χ1n) is 11.1. The lowest BCUT2D eigenvalue weighted by Crippen LogP contribution is -2.28. The molecule has 5 rings (SSSR count). The maximum absolute atomic E-state index is 14.8. The van der Waals surface area contributed by atoms with Crippen molar-refractivity contribution in [1.82, 2.24) is 9.97 Å². The van der Waals surface area contributed by atoms with E-state index in [0.717, 1.165) is 31.2 Å². The summed E-state index contributed by atoms with van der Waals surface area (Å²) in [6, 6.07) is 14.7. The number of hydrogen-bond acceptors (Lipinski definition) is 5. The first-order valence-corrected chi connectivity index (χ1v) is 11.1. The molecule has 2 atom stereocenters. The van der Waals surface area contributed by atoms with E-state index in [1.54, 1.807) is 18.2 Å². The van der Waals surface area contributed by atoms with Crippen molar-refractivity contribution in [1.29, 1.82) is 0 Å². The monoisotopic (exact) mass is 432 g/mol. The molecule has 164 valence electrons. The molecule has 1 unspecified atom stereocenters. The summed E-state index contributed by atoms with van der Waals surface area (Å²) in [6.45, 7) is 2.10. The van der Waals surface area contributed by atoms with E-state index < -0.39 is 0 Å². The summed E-state index contributed by atoms with van der Waals surface area (Å²) in [5.41, 5.74) is 3.50. The van der Waals surface area contributed by atoms with Crippen LogP contribution in [0.1, 0.15) is 38.2 Å². The van der Waals surface area contributed by atoms with Crippen LogP contribution in [0.5, 0.6) is 5.88 Å². The van der Waals surface area contributed by atoms with Crippen LogP contribution in [0.25, 0.3) is 33.6 Å². The highest BCUT2D eigenvalue weighted by Crippen LogP contribution is 2.44. The topological polar surface area (TPSA) is 68.4 Å². The van der Waals surface area contributed by atoms with Crippen molar-refractivity contribution in [2.45, 2.75) is 51.2 Å². The molecule has 1 aliphatic rings. The summed E-state index contributed by atoms with van der Waals surface area (Å²) in [7, 11) is 0. The zero-order valence-electron chi connectivity index (χ0n) is 17.9. The average molecular weight is 432 g/mol. The van der Waals surface area contributed by atoms with E-state index in [4.69, 9.17) is 9.15 Å². The Hall–Kier alpha value is -3.25. The van der Waals surface area contributed by atoms with Crippen molar-refractivity contribution in [3.8, 4) is 28.3 Å². The van der Waals surface area contributed by atoms with Gasteiger partial charge in [-0.15, -0.1) is 0 Å². The zero-order chi connectivity index (χ0) is 22.1. The van der Waals surface area contributed by atoms with Crippen molar-refractivity contribution in [3.63, 3.8) is 0 Å². The van der Waals surface area contributed by atoms with Gasteiger partial charge in [-0.25, -0.2) is 14.4 Å². The number of ether oxygens (including phenoxy) is 1. The number of fused-ring (bicyclic) bond motifs is 1. The highest BCUT2D eigenvalue weighted by atomic mass is 19.1. The number of aliphatic hydroxyl groups excluding tert-OH is 1. The molecule has 2 aromatic carbocycles. The Bertz CT molecular complexity index is 1240. The first kappa shape index (κ1) is 20.6. The van der Waals surface area contributed by atoms with Crippen LogP contribution >= 0.6 is 0 Å². The van der Waals surface area contributed by atoms with Crippen molar-refractivity contribution in [2.24, 2.45) is 0 Å². The summed E-state index contributed by atoms with van der Waals surface area (Å²) in [4.78, 5) is 8.72. The van der Waals surface area contributed by atoms with E-state index in [1.807, 2.05) is 12.1 Å². The van der Waals surface area contributed by atoms with Crippen LogP contribution in [0.2, 0.25) is 0 Å². The number of furan rings is 1. The van der Waals surface area contributed by atoms with Gasteiger partial charge in [-0.3, -0.25) is 0 Å². The van der Waals surface area contributed by atoms with Gasteiger partial charge in [0.25, 0.3) is 0 Å². The third-order valence-corrected chi connectivity index (χ3v) is 6.10. The van der Waals surface area contributed by atoms with Crippen molar-refractivity contribution < 1.29 is 18.7 Å². The molecule has 0 aliphatic heterocycles. The van der Waals surface area contributed by atoms with Crippen LogP contribution in [0.3, 0.4) is 0 Å². The smallest absolute Gasteiger partial charge is 0.234 e. The van der Waals surface area contributed by atoms with Crippen LogP contribution < -0.4 is 4.74 Å². The van der Waals surface area contributed by atoms with Crippen LogP contribution in [0.4, 0.5) is 4.39 Å². The van der Waals surface area contributed by atoms with Gasteiger partial charge in [-0.05, 0) is 48.9 Å². The third kappa shape index (κ3) is 3.86. The largest absolute Gasteiger partial charge is 0.474 e. The number of rotatable bonds is 5. The predicted molar refractivity (Wildman–Crippen MR) is 121 cm³/mol. The Morgan fingerprint density at radius 2 is 1.91 bits per heavy atom. The van der Waals surface area contributed by atoms with Gasteiger partial charge in [0.15, 0.2) is 0 Å². The lowest BCUT2D eigenvalue weighted by atomic mass is 9.95. The van der Waals surface area contributed by atoms with E-state index >= 15 is 0 Å². The van der Waals surface area contributed by atoms with E-state index in [-0.39, 0.29) is 18.0 Å². The summed E-state index contributed by atoms with van der Waals surface area (Å²) in [5.74, 6) is 0.426. The van der Waals surface area contributed by atoms with Crippen molar-refractivity contribution >= 4 is 11.1 Å². The molecular weight excluding hydrogens is 407 g/mol. The molecule has 1 fully saturated rings. The fourth-order valence-electron chi connectivity index (χ4n) is 4.40. The van der Waals surface area contributed by atoms with Gasteiger partial charge in [0, 0.05) is 12.0 Å². The Labute approximate surface area is 185 Å². The number of nitrogens with zero attached hydrogens (tertiary/aromatic N) is 2. The minimum Gasteiger partial charge on any atom is -0.474 e. The number of aliphatic hydroxyl groups is 1. The molecule has 4 aromatic rings. The minimum absolute atomic E-state index is 0.140. The SMILES string of the molecule is CCc1ccc(-c2c(-c3ccccc3F)oc3ncnc(O[C@H]4CCCC(O)C4)c23)cc1. The van der Waals surface area contributed by atoms with E-state index in [9.17, 15) is 9.50 Å². The molecule has 1 saturated carbocycles. The van der Waals surface area contributed by atoms with E-state index in [2.05, 4.69) is 29.0 Å². The molecule has 2 heterocycles. The summed E-state index contributed by atoms with van der Waals surface area (Å²) >= 11 is 0.